The van der Waals surface area contributed by atoms with Gasteiger partial charge in [-0.15, -0.1) is 11.3 Å². The number of nitrogens with zero attached hydrogens (tertiary/aromatic N) is 2. The summed E-state index contributed by atoms with van der Waals surface area (Å²) < 4.78 is 1.14. The van der Waals surface area contributed by atoms with Crippen LogP contribution in [0.2, 0.25) is 5.02 Å². The topological polar surface area (TPSA) is 63.1 Å². The Balaban J connectivity index is 1.92. The van der Waals surface area contributed by atoms with Gasteiger partial charge >= 0.3 is 5.97 Å². The molecule has 2 heterocycles. The number of carbonyl (C=O) groups is 1. The molecule has 0 saturated heterocycles. The number of benzene rings is 2. The number of pyridine rings is 1. The van der Waals surface area contributed by atoms with Crippen LogP contribution < -0.4 is 0 Å². The Morgan fingerprint density at radius 1 is 1.13 bits per heavy atom. The number of carboxylic acids is 1. The number of thiazole rings is 1. The van der Waals surface area contributed by atoms with Crippen molar-refractivity contribution in [2.75, 3.05) is 0 Å². The number of aromatic nitrogens is 2. The maximum Gasteiger partial charge on any atom is 0.328 e. The summed E-state index contributed by atoms with van der Waals surface area (Å²) in [5.74, 6) is -0.971. The summed E-state index contributed by atoms with van der Waals surface area (Å²) in [6.07, 6.45) is 6.90. The van der Waals surface area contributed by atoms with Crippen molar-refractivity contribution < 1.29 is 9.90 Å². The average molecular weight is 447 g/mol. The molecule has 31 heavy (non-hydrogen) atoms. The lowest BCUT2D eigenvalue weighted by Gasteiger charge is -2.17. The number of rotatable bonds is 6. The van der Waals surface area contributed by atoms with E-state index >= 15 is 0 Å². The van der Waals surface area contributed by atoms with E-state index in [-0.39, 0.29) is 0 Å². The van der Waals surface area contributed by atoms with Crippen molar-refractivity contribution in [1.82, 2.24) is 9.97 Å². The van der Waals surface area contributed by atoms with Gasteiger partial charge in [0.25, 0.3) is 0 Å². The number of hydrogen-bond donors (Lipinski definition) is 1. The quantitative estimate of drug-likeness (QED) is 0.330. The predicted molar refractivity (Wildman–Crippen MR) is 128 cm³/mol. The van der Waals surface area contributed by atoms with E-state index in [1.54, 1.807) is 29.8 Å². The second kappa shape index (κ2) is 9.25. The summed E-state index contributed by atoms with van der Waals surface area (Å²) in [6.45, 7) is 2.11. The van der Waals surface area contributed by atoms with Crippen molar-refractivity contribution in [3.05, 3.63) is 99.8 Å². The van der Waals surface area contributed by atoms with Gasteiger partial charge in [-0.2, -0.15) is 0 Å². The molecule has 4 nitrogen and oxygen atoms in total. The van der Waals surface area contributed by atoms with Gasteiger partial charge < -0.3 is 5.11 Å². The van der Waals surface area contributed by atoms with E-state index in [1.165, 1.54) is 0 Å². The highest BCUT2D eigenvalue weighted by Crippen LogP contribution is 2.38. The molecule has 0 radical (unpaired) electrons. The zero-order valence-electron chi connectivity index (χ0n) is 16.7. The predicted octanol–water partition coefficient (Wildman–Crippen LogP) is 6.81. The van der Waals surface area contributed by atoms with Gasteiger partial charge in [-0.05, 0) is 64.1 Å². The van der Waals surface area contributed by atoms with Crippen LogP contribution >= 0.6 is 22.9 Å². The van der Waals surface area contributed by atoms with Crippen LogP contribution in [-0.2, 0) is 4.79 Å². The van der Waals surface area contributed by atoms with Crippen molar-refractivity contribution in [2.45, 2.75) is 13.3 Å². The molecule has 0 bridgehead atoms. The number of fused-ring (bicyclic) bond motifs is 1. The highest BCUT2D eigenvalue weighted by atomic mass is 35.5. The normalized spacial score (nSPS) is 12.3. The van der Waals surface area contributed by atoms with E-state index in [2.05, 4.69) is 35.1 Å². The van der Waals surface area contributed by atoms with E-state index < -0.39 is 5.97 Å². The molecule has 2 aromatic carbocycles. The maximum atomic E-state index is 10.8. The fraction of sp³-hybridized carbons (Fsp3) is 0.0800. The first-order valence-corrected chi connectivity index (χ1v) is 11.0. The Bertz CT molecular complexity index is 1310. The number of halogens is 1. The third-order valence-corrected chi connectivity index (χ3v) is 6.10. The molecule has 6 heteroatoms. The minimum atomic E-state index is -0.971. The van der Waals surface area contributed by atoms with Crippen molar-refractivity contribution in [3.63, 3.8) is 0 Å². The van der Waals surface area contributed by atoms with Gasteiger partial charge in [-0.1, -0.05) is 48.9 Å². The van der Waals surface area contributed by atoms with Crippen LogP contribution in [0.1, 0.15) is 35.6 Å². The van der Waals surface area contributed by atoms with Gasteiger partial charge in [0.2, 0.25) is 0 Å². The minimum Gasteiger partial charge on any atom is -0.478 e. The van der Waals surface area contributed by atoms with Crippen molar-refractivity contribution in [2.24, 2.45) is 0 Å². The third-order valence-electron chi connectivity index (χ3n) is 4.99. The van der Waals surface area contributed by atoms with E-state index in [9.17, 15) is 4.79 Å². The molecule has 0 amide bonds. The largest absolute Gasteiger partial charge is 0.478 e. The smallest absolute Gasteiger partial charge is 0.328 e. The molecular weight excluding hydrogens is 428 g/mol. The molecule has 2 aromatic heterocycles. The minimum absolute atomic E-state index is 0.604. The second-order valence-electron chi connectivity index (χ2n) is 6.89. The fourth-order valence-corrected chi connectivity index (χ4v) is 4.47. The molecule has 0 fully saturated rings. The van der Waals surface area contributed by atoms with Gasteiger partial charge in [0.05, 0.1) is 20.7 Å². The Hall–Kier alpha value is -3.28. The Morgan fingerprint density at radius 3 is 2.61 bits per heavy atom. The summed E-state index contributed by atoms with van der Waals surface area (Å²) >= 11 is 8.13. The summed E-state index contributed by atoms with van der Waals surface area (Å²) in [7, 11) is 0. The Labute approximate surface area is 189 Å². The summed E-state index contributed by atoms with van der Waals surface area (Å²) in [6, 6.07) is 16.1. The van der Waals surface area contributed by atoms with Gasteiger partial charge in [0.1, 0.15) is 0 Å². The van der Waals surface area contributed by atoms with Crippen LogP contribution in [0.5, 0.6) is 0 Å². The molecular formula is C25H19ClN2O2S. The number of aliphatic carboxylic acids is 1. The van der Waals surface area contributed by atoms with Crippen molar-refractivity contribution in [1.29, 1.82) is 0 Å². The highest BCUT2D eigenvalue weighted by molar-refractivity contribution is 7.16. The first-order chi connectivity index (χ1) is 15.1. The lowest BCUT2D eigenvalue weighted by molar-refractivity contribution is -0.131. The van der Waals surface area contributed by atoms with Crippen molar-refractivity contribution >= 4 is 56.3 Å². The van der Waals surface area contributed by atoms with Gasteiger partial charge in [0.15, 0.2) is 0 Å². The molecule has 154 valence electrons. The molecule has 4 rings (SSSR count). The molecule has 0 spiro atoms. The van der Waals surface area contributed by atoms with Crippen molar-refractivity contribution in [3.8, 4) is 0 Å². The van der Waals surface area contributed by atoms with Crippen LogP contribution in [0.25, 0.3) is 27.4 Å². The molecule has 0 aliphatic carbocycles. The molecule has 0 atom stereocenters. The Morgan fingerprint density at radius 2 is 1.90 bits per heavy atom. The monoisotopic (exact) mass is 446 g/mol. The summed E-state index contributed by atoms with van der Waals surface area (Å²) in [4.78, 5) is 19.4. The summed E-state index contributed by atoms with van der Waals surface area (Å²) in [5.41, 5.74) is 8.82. The van der Waals surface area contributed by atoms with Crippen LogP contribution in [0, 0.1) is 0 Å². The third kappa shape index (κ3) is 4.58. The first-order valence-electron chi connectivity index (χ1n) is 9.75. The average Bonchev–Trinajstić information content (AvgIpc) is 3.25. The molecule has 0 unspecified atom stereocenters. The Kier molecular flexibility index (Phi) is 6.26. The van der Waals surface area contributed by atoms with Gasteiger partial charge in [-0.3, -0.25) is 4.98 Å². The second-order valence-corrected chi connectivity index (χ2v) is 8.18. The summed E-state index contributed by atoms with van der Waals surface area (Å²) in [5, 5.41) is 9.48. The first kappa shape index (κ1) is 21.0. The van der Waals surface area contributed by atoms with E-state index in [1.807, 2.05) is 35.8 Å². The number of carboxylic acid groups (broad SMARTS) is 1. The maximum absolute atomic E-state index is 10.8. The molecule has 0 aliphatic rings. The zero-order valence-corrected chi connectivity index (χ0v) is 18.3. The van der Waals surface area contributed by atoms with E-state index in [4.69, 9.17) is 16.7 Å². The van der Waals surface area contributed by atoms with Crippen LogP contribution in [0.15, 0.2) is 72.5 Å². The van der Waals surface area contributed by atoms with Crippen LogP contribution in [0.4, 0.5) is 0 Å². The zero-order chi connectivity index (χ0) is 21.8. The van der Waals surface area contributed by atoms with Gasteiger partial charge in [0, 0.05) is 18.5 Å². The van der Waals surface area contributed by atoms with Crippen LogP contribution in [0.3, 0.4) is 0 Å². The highest BCUT2D eigenvalue weighted by Gasteiger charge is 2.16. The standard InChI is InChI=1S/C25H19ClN2O2S/c1-2-19(20-11-12-27-14-21(20)26)25(18-8-9-23-22(13-18)28-15-31-23)17-6-3-16(4-7-17)5-10-24(29)30/h3-15H,2H2,1H3,(H,29,30)/b10-5+,25-19+. The molecule has 4 aromatic rings. The number of allylic oxidation sites excluding steroid dienone is 1. The SMILES string of the molecule is CC/C(=C(/c1ccc(/C=C/C(=O)O)cc1)c1ccc2scnc2c1)c1ccncc1Cl. The molecule has 0 aliphatic heterocycles. The lowest BCUT2D eigenvalue weighted by atomic mass is 9.88. The molecule has 1 N–H and O–H groups in total. The fourth-order valence-electron chi connectivity index (χ4n) is 3.58. The molecule has 0 saturated carbocycles. The lowest BCUT2D eigenvalue weighted by Crippen LogP contribution is -1.96. The number of hydrogen-bond acceptors (Lipinski definition) is 4. The van der Waals surface area contributed by atoms with Crippen LogP contribution in [-0.4, -0.2) is 21.0 Å². The van der Waals surface area contributed by atoms with E-state index in [0.717, 1.165) is 56.1 Å². The van der Waals surface area contributed by atoms with E-state index in [0.29, 0.717) is 5.02 Å². The van der Waals surface area contributed by atoms with Gasteiger partial charge in [-0.25, -0.2) is 9.78 Å².